The maximum Gasteiger partial charge on any atom is 0.142 e. The molecule has 0 aliphatic heterocycles. The van der Waals surface area contributed by atoms with E-state index in [4.69, 9.17) is 26.9 Å². The third kappa shape index (κ3) is 7.33. The topological polar surface area (TPSA) is 102 Å². The van der Waals surface area contributed by atoms with E-state index in [9.17, 15) is 0 Å². The molecule has 4 N–H and O–H groups in total. The van der Waals surface area contributed by atoms with Gasteiger partial charge < -0.3 is 20.3 Å². The van der Waals surface area contributed by atoms with E-state index in [1.54, 1.807) is 25.3 Å². The monoisotopic (exact) mass is 327 g/mol. The number of aliphatic hydroxyl groups excluding tert-OH is 3. The lowest BCUT2D eigenvalue weighted by Crippen LogP contribution is -2.28. The zero-order chi connectivity index (χ0) is 17.0. The molecule has 7 heteroatoms. The van der Waals surface area contributed by atoms with Crippen LogP contribution < -0.4 is 0 Å². The molecule has 6 nitrogen and oxygen atoms in total. The van der Waals surface area contributed by atoms with Gasteiger partial charge in [-0.3, -0.25) is 0 Å². The third-order valence-corrected chi connectivity index (χ3v) is 2.82. The van der Waals surface area contributed by atoms with Crippen molar-refractivity contribution in [2.45, 2.75) is 25.6 Å². The smallest absolute Gasteiger partial charge is 0.142 e. The Labute approximate surface area is 134 Å². The lowest BCUT2D eigenvalue weighted by atomic mass is 10.2. The number of H-pyrrole nitrogens is 1. The summed E-state index contributed by atoms with van der Waals surface area (Å²) >= 11 is 5.73. The maximum atomic E-state index is 8.72. The normalized spacial score (nSPS) is 12.2. The van der Waals surface area contributed by atoms with Gasteiger partial charge in [0.15, 0.2) is 0 Å². The van der Waals surface area contributed by atoms with Crippen LogP contribution in [0.3, 0.4) is 0 Å². The number of nitrogens with one attached hydrogen (secondary N) is 1. The van der Waals surface area contributed by atoms with Crippen molar-refractivity contribution in [2.24, 2.45) is 0 Å². The van der Waals surface area contributed by atoms with Crippen LogP contribution in [0, 0.1) is 0 Å². The molecule has 22 heavy (non-hydrogen) atoms. The van der Waals surface area contributed by atoms with Crippen LogP contribution in [0.15, 0.2) is 43.9 Å². The molecule has 122 valence electrons. The van der Waals surface area contributed by atoms with Crippen molar-refractivity contribution < 1.29 is 15.3 Å². The summed E-state index contributed by atoms with van der Waals surface area (Å²) in [5.74, 6) is 0. The number of aromatic amines is 1. The summed E-state index contributed by atoms with van der Waals surface area (Å²) in [6.07, 6.45) is 5.22. The van der Waals surface area contributed by atoms with Gasteiger partial charge in [0.25, 0.3) is 0 Å². The van der Waals surface area contributed by atoms with E-state index >= 15 is 0 Å². The van der Waals surface area contributed by atoms with Crippen molar-refractivity contribution in [3.05, 3.63) is 49.1 Å². The predicted molar refractivity (Wildman–Crippen MR) is 88.7 cm³/mol. The fourth-order valence-electron chi connectivity index (χ4n) is 1.23. The van der Waals surface area contributed by atoms with Crippen LogP contribution in [0.1, 0.15) is 13.3 Å². The molecule has 0 amide bonds. The number of rotatable bonds is 4. The summed E-state index contributed by atoms with van der Waals surface area (Å²) in [6.45, 7) is 8.10. The quantitative estimate of drug-likeness (QED) is 0.508. The second-order valence-electron chi connectivity index (χ2n) is 4.10. The van der Waals surface area contributed by atoms with Crippen LogP contribution >= 0.6 is 11.6 Å². The summed E-state index contributed by atoms with van der Waals surface area (Å²) in [5.41, 5.74) is 0.778. The summed E-state index contributed by atoms with van der Waals surface area (Å²) in [4.78, 5) is 10.7. The van der Waals surface area contributed by atoms with Crippen LogP contribution in [0.5, 0.6) is 0 Å². The van der Waals surface area contributed by atoms with Gasteiger partial charge in [-0.05, 0) is 12.5 Å². The molecule has 2 aromatic heterocycles. The van der Waals surface area contributed by atoms with Gasteiger partial charge in [0, 0.05) is 6.20 Å². The Morgan fingerprint density at radius 1 is 1.27 bits per heavy atom. The molecule has 0 aromatic carbocycles. The number of aromatic nitrogens is 3. The largest absolute Gasteiger partial charge is 0.394 e. The van der Waals surface area contributed by atoms with Crippen molar-refractivity contribution in [3.63, 3.8) is 0 Å². The van der Waals surface area contributed by atoms with Crippen LogP contribution in [0.2, 0.25) is 5.15 Å². The summed E-state index contributed by atoms with van der Waals surface area (Å²) < 4.78 is 0. The van der Waals surface area contributed by atoms with E-state index < -0.39 is 12.2 Å². The highest BCUT2D eigenvalue weighted by Gasteiger charge is 2.11. The van der Waals surface area contributed by atoms with Crippen molar-refractivity contribution in [1.29, 1.82) is 0 Å². The number of allylic oxidation sites excluding steroid dienone is 2. The first-order valence-electron chi connectivity index (χ1n) is 6.65. The van der Waals surface area contributed by atoms with Gasteiger partial charge in [0.2, 0.25) is 0 Å². The molecule has 0 saturated heterocycles. The second kappa shape index (κ2) is 11.9. The lowest BCUT2D eigenvalue weighted by Gasteiger charge is -2.11. The van der Waals surface area contributed by atoms with E-state index in [1.807, 2.05) is 6.07 Å². The molecule has 2 unspecified atom stereocenters. The Hall–Kier alpha value is -1.73. The number of nitrogens with zero attached hydrogens (tertiary/aromatic N) is 2. The second-order valence-corrected chi connectivity index (χ2v) is 4.46. The first-order chi connectivity index (χ1) is 10.5. The van der Waals surface area contributed by atoms with Crippen LogP contribution in [0.25, 0.3) is 11.0 Å². The highest BCUT2D eigenvalue weighted by molar-refractivity contribution is 6.33. The highest BCUT2D eigenvalue weighted by Crippen LogP contribution is 2.16. The molecule has 0 bridgehead atoms. The van der Waals surface area contributed by atoms with E-state index in [-0.39, 0.29) is 6.61 Å². The SMILES string of the molecule is C=CC=C.CCC(O)C(O)CO.Clc1ncnc2[nH]ccc12. The summed E-state index contributed by atoms with van der Waals surface area (Å²) in [6, 6.07) is 1.84. The zero-order valence-electron chi connectivity index (χ0n) is 12.5. The van der Waals surface area contributed by atoms with Gasteiger partial charge in [0.05, 0.1) is 18.1 Å². The first kappa shape index (κ1) is 20.3. The van der Waals surface area contributed by atoms with Crippen molar-refractivity contribution in [3.8, 4) is 0 Å². The Morgan fingerprint density at radius 3 is 2.32 bits per heavy atom. The maximum absolute atomic E-state index is 8.72. The molecular formula is C15H22ClN3O3. The average Bonchev–Trinajstić information content (AvgIpc) is 3.04. The van der Waals surface area contributed by atoms with Crippen molar-refractivity contribution in [1.82, 2.24) is 15.0 Å². The standard InChI is InChI=1S/C6H4ClN3.C5H12O3.C4H6/c7-5-4-1-2-8-6(4)10-3-9-5;1-2-4(7)5(8)3-6;1-3-4-2/h1-3H,(H,8,9,10);4-8H,2-3H2,1H3;3-4H,1-2H2. The van der Waals surface area contributed by atoms with Crippen LogP contribution in [-0.4, -0.2) is 49.1 Å². The predicted octanol–water partition coefficient (Wildman–Crippen LogP) is 2.08. The molecule has 2 atom stereocenters. The van der Waals surface area contributed by atoms with Gasteiger partial charge >= 0.3 is 0 Å². The van der Waals surface area contributed by atoms with E-state index in [2.05, 4.69) is 28.1 Å². The highest BCUT2D eigenvalue weighted by atomic mass is 35.5. The van der Waals surface area contributed by atoms with Gasteiger partial charge in [-0.15, -0.1) is 0 Å². The number of halogens is 1. The molecular weight excluding hydrogens is 306 g/mol. The molecule has 0 aliphatic rings. The van der Waals surface area contributed by atoms with E-state index in [0.717, 1.165) is 11.0 Å². The van der Waals surface area contributed by atoms with Gasteiger partial charge in [-0.1, -0.05) is 43.8 Å². The van der Waals surface area contributed by atoms with E-state index in [1.165, 1.54) is 6.33 Å². The van der Waals surface area contributed by atoms with Crippen molar-refractivity contribution >= 4 is 22.6 Å². The lowest BCUT2D eigenvalue weighted by molar-refractivity contribution is -0.0151. The Morgan fingerprint density at radius 2 is 1.91 bits per heavy atom. The first-order valence-corrected chi connectivity index (χ1v) is 7.03. The summed E-state index contributed by atoms with van der Waals surface area (Å²) in [5, 5.41) is 26.9. The Bertz CT molecular complexity index is 546. The minimum absolute atomic E-state index is 0.366. The number of hydrogen-bond donors (Lipinski definition) is 4. The van der Waals surface area contributed by atoms with Gasteiger partial charge in [0.1, 0.15) is 23.2 Å². The molecule has 2 aromatic rings. The molecule has 0 spiro atoms. The molecule has 2 rings (SSSR count). The van der Waals surface area contributed by atoms with E-state index in [0.29, 0.717) is 11.6 Å². The van der Waals surface area contributed by atoms with Crippen LogP contribution in [-0.2, 0) is 0 Å². The minimum Gasteiger partial charge on any atom is -0.394 e. The average molecular weight is 328 g/mol. The molecule has 2 heterocycles. The van der Waals surface area contributed by atoms with Crippen LogP contribution in [0.4, 0.5) is 0 Å². The number of fused-ring (bicyclic) bond motifs is 1. The van der Waals surface area contributed by atoms with Crippen molar-refractivity contribution in [2.75, 3.05) is 6.61 Å². The fraction of sp³-hybridized carbons (Fsp3) is 0.333. The number of hydrogen-bond acceptors (Lipinski definition) is 5. The van der Waals surface area contributed by atoms with Gasteiger partial charge in [-0.2, -0.15) is 0 Å². The summed E-state index contributed by atoms with van der Waals surface area (Å²) in [7, 11) is 0. The zero-order valence-corrected chi connectivity index (χ0v) is 13.2. The third-order valence-electron chi connectivity index (χ3n) is 2.52. The molecule has 0 radical (unpaired) electrons. The molecule has 0 saturated carbocycles. The molecule has 0 aliphatic carbocycles. The Kier molecular flexibility index (Phi) is 10.9. The van der Waals surface area contributed by atoms with Gasteiger partial charge in [-0.25, -0.2) is 9.97 Å². The molecule has 0 fully saturated rings. The fourth-order valence-corrected chi connectivity index (χ4v) is 1.43. The Balaban J connectivity index is 0.000000332. The number of aliphatic hydroxyl groups is 3. The minimum atomic E-state index is -0.972.